The summed E-state index contributed by atoms with van der Waals surface area (Å²) in [7, 11) is 0. The number of hydrogen-bond donors (Lipinski definition) is 1. The average Bonchev–Trinajstić information content (AvgIpc) is 2.38. The van der Waals surface area contributed by atoms with E-state index in [-0.39, 0.29) is 0 Å². The molecule has 1 N–H and O–H groups in total. The van der Waals surface area contributed by atoms with Gasteiger partial charge in [-0.05, 0) is 30.0 Å². The zero-order valence-electron chi connectivity index (χ0n) is 10.1. The zero-order chi connectivity index (χ0) is 13.0. The van der Waals surface area contributed by atoms with Crippen LogP contribution >= 0.6 is 0 Å². The first-order valence-corrected chi connectivity index (χ1v) is 5.78. The Hall–Kier alpha value is -2.29. The fraction of sp³-hybridized carbons (Fsp3) is 0.133. The molecule has 0 saturated heterocycles. The maximum absolute atomic E-state index is 10.6. The summed E-state index contributed by atoms with van der Waals surface area (Å²) < 4.78 is 5.56. The van der Waals surface area contributed by atoms with Crippen molar-refractivity contribution in [2.45, 2.75) is 6.92 Å². The van der Waals surface area contributed by atoms with Crippen LogP contribution in [-0.2, 0) is 4.79 Å². The van der Waals surface area contributed by atoms with Crippen LogP contribution in [-0.4, -0.2) is 17.7 Å². The highest BCUT2D eigenvalue weighted by molar-refractivity contribution is 5.97. The Morgan fingerprint density at radius 2 is 1.94 bits per heavy atom. The molecular weight excluding hydrogens is 228 g/mol. The monoisotopic (exact) mass is 242 g/mol. The largest absolute Gasteiger partial charge is 0.493 e. The second-order valence-electron chi connectivity index (χ2n) is 3.80. The maximum atomic E-state index is 10.6. The summed E-state index contributed by atoms with van der Waals surface area (Å²) in [6, 6.07) is 11.5. The van der Waals surface area contributed by atoms with E-state index in [2.05, 4.69) is 0 Å². The van der Waals surface area contributed by atoms with Crippen LogP contribution in [0.3, 0.4) is 0 Å². The van der Waals surface area contributed by atoms with Crippen LogP contribution in [0, 0.1) is 0 Å². The van der Waals surface area contributed by atoms with E-state index in [4.69, 9.17) is 9.84 Å². The molecule has 2 rings (SSSR count). The van der Waals surface area contributed by atoms with Gasteiger partial charge in [-0.15, -0.1) is 0 Å². The fourth-order valence-electron chi connectivity index (χ4n) is 1.88. The Bertz CT molecular complexity index is 600. The summed E-state index contributed by atoms with van der Waals surface area (Å²) in [6.45, 7) is 2.54. The molecule has 0 bridgehead atoms. The molecule has 3 nitrogen and oxygen atoms in total. The minimum Gasteiger partial charge on any atom is -0.493 e. The lowest BCUT2D eigenvalue weighted by Crippen LogP contribution is -1.93. The third kappa shape index (κ3) is 2.51. The molecule has 0 atom stereocenters. The van der Waals surface area contributed by atoms with Gasteiger partial charge in [0, 0.05) is 11.5 Å². The van der Waals surface area contributed by atoms with Crippen LogP contribution in [0.5, 0.6) is 5.75 Å². The lowest BCUT2D eigenvalue weighted by atomic mass is 10.0. The SMILES string of the molecule is CCOc1ccc(/C=C/C(=O)O)c2ccccc12. The predicted octanol–water partition coefficient (Wildman–Crippen LogP) is 3.34. The van der Waals surface area contributed by atoms with E-state index >= 15 is 0 Å². The molecule has 0 aliphatic rings. The fourth-order valence-corrected chi connectivity index (χ4v) is 1.88. The minimum atomic E-state index is -0.951. The number of hydrogen-bond acceptors (Lipinski definition) is 2. The summed E-state index contributed by atoms with van der Waals surface area (Å²) in [5.74, 6) is -0.131. The second-order valence-corrected chi connectivity index (χ2v) is 3.80. The Labute approximate surface area is 105 Å². The van der Waals surface area contributed by atoms with Gasteiger partial charge in [-0.1, -0.05) is 30.3 Å². The molecule has 0 aromatic heterocycles. The summed E-state index contributed by atoms with van der Waals surface area (Å²) in [6.07, 6.45) is 2.74. The molecule has 0 aliphatic heterocycles. The van der Waals surface area contributed by atoms with E-state index in [1.165, 1.54) is 0 Å². The van der Waals surface area contributed by atoms with Crippen molar-refractivity contribution in [1.82, 2.24) is 0 Å². The van der Waals surface area contributed by atoms with Gasteiger partial charge in [0.25, 0.3) is 0 Å². The number of carboxylic acid groups (broad SMARTS) is 1. The molecule has 0 unspecified atom stereocenters. The third-order valence-electron chi connectivity index (χ3n) is 2.62. The molecule has 0 amide bonds. The second kappa shape index (κ2) is 5.36. The Balaban J connectivity index is 2.57. The van der Waals surface area contributed by atoms with Gasteiger partial charge in [-0.2, -0.15) is 0 Å². The average molecular weight is 242 g/mol. The summed E-state index contributed by atoms with van der Waals surface area (Å²) >= 11 is 0. The summed E-state index contributed by atoms with van der Waals surface area (Å²) in [5.41, 5.74) is 0.872. The van der Waals surface area contributed by atoms with Crippen molar-refractivity contribution in [3.63, 3.8) is 0 Å². The van der Waals surface area contributed by atoms with Gasteiger partial charge in [0.15, 0.2) is 0 Å². The number of carbonyl (C=O) groups is 1. The molecule has 0 radical (unpaired) electrons. The highest BCUT2D eigenvalue weighted by atomic mass is 16.5. The van der Waals surface area contributed by atoms with Crippen LogP contribution in [0.1, 0.15) is 12.5 Å². The molecule has 0 aliphatic carbocycles. The smallest absolute Gasteiger partial charge is 0.328 e. The first kappa shape index (κ1) is 12.2. The number of aliphatic carboxylic acids is 1. The molecule has 2 aromatic rings. The number of rotatable bonds is 4. The molecule has 92 valence electrons. The van der Waals surface area contributed by atoms with E-state index in [0.29, 0.717) is 6.61 Å². The number of benzene rings is 2. The molecule has 0 heterocycles. The van der Waals surface area contributed by atoms with Crippen molar-refractivity contribution < 1.29 is 14.6 Å². The number of fused-ring (bicyclic) bond motifs is 1. The van der Waals surface area contributed by atoms with Gasteiger partial charge >= 0.3 is 5.97 Å². The molecule has 0 saturated carbocycles. The van der Waals surface area contributed by atoms with Crippen molar-refractivity contribution in [2.75, 3.05) is 6.61 Å². The van der Waals surface area contributed by atoms with Gasteiger partial charge in [0.2, 0.25) is 0 Å². The molecular formula is C15H14O3. The van der Waals surface area contributed by atoms with Gasteiger partial charge in [0.1, 0.15) is 5.75 Å². The van der Waals surface area contributed by atoms with Gasteiger partial charge in [-0.3, -0.25) is 0 Å². The lowest BCUT2D eigenvalue weighted by molar-refractivity contribution is -0.131. The summed E-state index contributed by atoms with van der Waals surface area (Å²) in [5, 5.41) is 10.7. The maximum Gasteiger partial charge on any atom is 0.328 e. The lowest BCUT2D eigenvalue weighted by Gasteiger charge is -2.09. The Morgan fingerprint density at radius 1 is 1.22 bits per heavy atom. The molecule has 2 aromatic carbocycles. The molecule has 0 spiro atoms. The van der Waals surface area contributed by atoms with Crippen molar-refractivity contribution >= 4 is 22.8 Å². The van der Waals surface area contributed by atoms with E-state index in [0.717, 1.165) is 28.2 Å². The molecule has 3 heteroatoms. The highest BCUT2D eigenvalue weighted by Gasteiger charge is 2.04. The van der Waals surface area contributed by atoms with E-state index < -0.39 is 5.97 Å². The highest BCUT2D eigenvalue weighted by Crippen LogP contribution is 2.29. The Kier molecular flexibility index (Phi) is 3.63. The van der Waals surface area contributed by atoms with E-state index in [1.807, 2.05) is 43.3 Å². The summed E-state index contributed by atoms with van der Waals surface area (Å²) in [4.78, 5) is 10.6. The number of carboxylic acids is 1. The minimum absolute atomic E-state index is 0.605. The van der Waals surface area contributed by atoms with Crippen molar-refractivity contribution in [3.8, 4) is 5.75 Å². The van der Waals surface area contributed by atoms with E-state index in [9.17, 15) is 4.79 Å². The van der Waals surface area contributed by atoms with Gasteiger partial charge < -0.3 is 9.84 Å². The standard InChI is InChI=1S/C15H14O3/c1-2-18-14-9-7-11(8-10-15(16)17)12-5-3-4-6-13(12)14/h3-10H,2H2,1H3,(H,16,17)/b10-8+. The normalized spacial score (nSPS) is 10.9. The zero-order valence-corrected chi connectivity index (χ0v) is 10.1. The van der Waals surface area contributed by atoms with Crippen LogP contribution in [0.4, 0.5) is 0 Å². The quantitative estimate of drug-likeness (QED) is 0.836. The van der Waals surface area contributed by atoms with E-state index in [1.54, 1.807) is 6.08 Å². The van der Waals surface area contributed by atoms with Gasteiger partial charge in [0.05, 0.1) is 6.61 Å². The van der Waals surface area contributed by atoms with Crippen LogP contribution in [0.2, 0.25) is 0 Å². The first-order chi connectivity index (χ1) is 8.72. The van der Waals surface area contributed by atoms with Crippen LogP contribution in [0.15, 0.2) is 42.5 Å². The van der Waals surface area contributed by atoms with Crippen molar-refractivity contribution in [1.29, 1.82) is 0 Å². The number of ether oxygens (including phenoxy) is 1. The third-order valence-corrected chi connectivity index (χ3v) is 2.62. The van der Waals surface area contributed by atoms with Crippen LogP contribution < -0.4 is 4.74 Å². The molecule has 0 fully saturated rings. The van der Waals surface area contributed by atoms with Crippen molar-refractivity contribution in [2.24, 2.45) is 0 Å². The Morgan fingerprint density at radius 3 is 2.61 bits per heavy atom. The molecule has 18 heavy (non-hydrogen) atoms. The van der Waals surface area contributed by atoms with Crippen molar-refractivity contribution in [3.05, 3.63) is 48.0 Å². The first-order valence-electron chi connectivity index (χ1n) is 5.78. The predicted molar refractivity (Wildman–Crippen MR) is 71.8 cm³/mol. The van der Waals surface area contributed by atoms with Crippen LogP contribution in [0.25, 0.3) is 16.8 Å². The topological polar surface area (TPSA) is 46.5 Å². The van der Waals surface area contributed by atoms with Gasteiger partial charge in [-0.25, -0.2) is 4.79 Å².